The molecule has 200 valence electrons. The van der Waals surface area contributed by atoms with E-state index in [9.17, 15) is 14.0 Å². The second-order valence-electron chi connectivity index (χ2n) is 9.87. The van der Waals surface area contributed by atoms with Crippen LogP contribution in [0.5, 0.6) is 11.5 Å². The molecule has 1 N–H and O–H groups in total. The molecule has 0 radical (unpaired) electrons. The van der Waals surface area contributed by atoms with E-state index in [4.69, 9.17) is 14.7 Å². The van der Waals surface area contributed by atoms with Crippen LogP contribution in [-0.4, -0.2) is 53.0 Å². The third-order valence-corrected chi connectivity index (χ3v) is 7.09. The number of nitriles is 1. The summed E-state index contributed by atoms with van der Waals surface area (Å²) in [5.74, 6) is 0.554. The van der Waals surface area contributed by atoms with Gasteiger partial charge in [-0.05, 0) is 86.3 Å². The van der Waals surface area contributed by atoms with Crippen molar-refractivity contribution in [1.82, 2.24) is 15.2 Å². The minimum Gasteiger partial charge on any atom is -0.490 e. The van der Waals surface area contributed by atoms with Crippen molar-refractivity contribution in [3.05, 3.63) is 89.5 Å². The number of aromatic nitrogens is 1. The number of rotatable bonds is 7. The van der Waals surface area contributed by atoms with Crippen molar-refractivity contribution in [2.24, 2.45) is 0 Å². The first-order valence-corrected chi connectivity index (χ1v) is 13.1. The fourth-order valence-corrected chi connectivity index (χ4v) is 4.94. The van der Waals surface area contributed by atoms with E-state index < -0.39 is 0 Å². The second kappa shape index (κ2) is 11.9. The lowest BCUT2D eigenvalue weighted by molar-refractivity contribution is 0.0771. The van der Waals surface area contributed by atoms with Crippen molar-refractivity contribution in [3.8, 4) is 17.6 Å². The lowest BCUT2D eigenvalue weighted by Gasteiger charge is -2.29. The van der Waals surface area contributed by atoms with E-state index in [0.717, 1.165) is 31.4 Å². The standard InChI is InChI=1S/C30H29FN4O4/c31-22-4-10-25(11-5-22)39-27-15-16-35(19-27)30(37)21-3-14-28(33-18-21)29(36)34-23-6-12-26(13-7-23)38-24-8-1-20(17-32)2-9-24/h1-5,8-11,14,18,23,26-27H,6-7,12-13,15-16,19H2,(H,34,36)/t23?,26?,27-/m0/s1. The van der Waals surface area contributed by atoms with Crippen LogP contribution in [-0.2, 0) is 0 Å². The van der Waals surface area contributed by atoms with Crippen molar-refractivity contribution in [3.63, 3.8) is 0 Å². The van der Waals surface area contributed by atoms with Crippen LogP contribution in [0.15, 0.2) is 66.9 Å². The van der Waals surface area contributed by atoms with Crippen LogP contribution in [0.4, 0.5) is 4.39 Å². The summed E-state index contributed by atoms with van der Waals surface area (Å²) in [5.41, 5.74) is 1.27. The molecule has 0 bridgehead atoms. The summed E-state index contributed by atoms with van der Waals surface area (Å²) in [6.45, 7) is 0.973. The first kappa shape index (κ1) is 26.2. The number of hydrogen-bond donors (Lipinski definition) is 1. The molecule has 0 unspecified atom stereocenters. The maximum Gasteiger partial charge on any atom is 0.270 e. The number of halogens is 1. The Morgan fingerprint density at radius 2 is 1.56 bits per heavy atom. The average Bonchev–Trinajstić information content (AvgIpc) is 3.44. The molecule has 2 aliphatic rings. The van der Waals surface area contributed by atoms with Crippen LogP contribution >= 0.6 is 0 Å². The maximum atomic E-state index is 13.1. The predicted octanol–water partition coefficient (Wildman–Crippen LogP) is 4.51. The number of nitrogens with one attached hydrogen (secondary N) is 1. The Kier molecular flexibility index (Phi) is 8.02. The number of nitrogens with zero attached hydrogens (tertiary/aromatic N) is 3. The molecule has 2 amide bonds. The van der Waals surface area contributed by atoms with Crippen molar-refractivity contribution < 1.29 is 23.5 Å². The summed E-state index contributed by atoms with van der Waals surface area (Å²) in [4.78, 5) is 31.6. The molecule has 3 aromatic rings. The summed E-state index contributed by atoms with van der Waals surface area (Å²) in [6, 6.07) is 18.2. The fraction of sp³-hybridized carbons (Fsp3) is 0.333. The number of benzene rings is 2. The normalized spacial score (nSPS) is 20.6. The van der Waals surface area contributed by atoms with Crippen molar-refractivity contribution in [1.29, 1.82) is 5.26 Å². The molecular weight excluding hydrogens is 499 g/mol. The number of amides is 2. The maximum absolute atomic E-state index is 13.1. The molecular formula is C30H29FN4O4. The number of carbonyl (C=O) groups excluding carboxylic acids is 2. The largest absolute Gasteiger partial charge is 0.490 e. The molecule has 0 spiro atoms. The average molecular weight is 529 g/mol. The zero-order valence-corrected chi connectivity index (χ0v) is 21.4. The van der Waals surface area contributed by atoms with Crippen molar-refractivity contribution >= 4 is 11.8 Å². The van der Waals surface area contributed by atoms with E-state index >= 15 is 0 Å². The van der Waals surface area contributed by atoms with Crippen LogP contribution in [0, 0.1) is 17.1 Å². The van der Waals surface area contributed by atoms with E-state index in [-0.39, 0.29) is 41.6 Å². The molecule has 1 aliphatic carbocycles. The highest BCUT2D eigenvalue weighted by Crippen LogP contribution is 2.25. The van der Waals surface area contributed by atoms with Crippen LogP contribution in [0.2, 0.25) is 0 Å². The highest BCUT2D eigenvalue weighted by molar-refractivity contribution is 5.96. The Morgan fingerprint density at radius 1 is 0.897 bits per heavy atom. The Bertz CT molecular complexity index is 1330. The highest BCUT2D eigenvalue weighted by Gasteiger charge is 2.29. The van der Waals surface area contributed by atoms with Gasteiger partial charge in [0, 0.05) is 25.2 Å². The number of carbonyl (C=O) groups is 2. The smallest absolute Gasteiger partial charge is 0.270 e. The summed E-state index contributed by atoms with van der Waals surface area (Å²) >= 11 is 0. The third kappa shape index (κ3) is 6.71. The van der Waals surface area contributed by atoms with Crippen LogP contribution in [0.3, 0.4) is 0 Å². The molecule has 8 nitrogen and oxygen atoms in total. The number of ether oxygens (including phenoxy) is 2. The van der Waals surface area contributed by atoms with Gasteiger partial charge in [0.1, 0.15) is 29.1 Å². The second-order valence-corrected chi connectivity index (χ2v) is 9.87. The summed E-state index contributed by atoms with van der Waals surface area (Å²) in [5, 5.41) is 12.0. The molecule has 1 aromatic heterocycles. The van der Waals surface area contributed by atoms with Gasteiger partial charge < -0.3 is 19.7 Å². The molecule has 2 heterocycles. The Morgan fingerprint density at radius 3 is 2.21 bits per heavy atom. The van der Waals surface area contributed by atoms with Gasteiger partial charge in [-0.1, -0.05) is 0 Å². The highest BCUT2D eigenvalue weighted by atomic mass is 19.1. The van der Waals surface area contributed by atoms with E-state index in [0.29, 0.717) is 36.4 Å². The molecule has 9 heteroatoms. The predicted molar refractivity (Wildman–Crippen MR) is 141 cm³/mol. The fourth-order valence-electron chi connectivity index (χ4n) is 4.94. The summed E-state index contributed by atoms with van der Waals surface area (Å²) < 4.78 is 25.0. The number of likely N-dealkylation sites (tertiary alicyclic amines) is 1. The SMILES string of the molecule is N#Cc1ccc(OC2CCC(NC(=O)c3ccc(C(=O)N4CC[C@H](Oc5ccc(F)cc5)C4)cn3)CC2)cc1. The summed E-state index contributed by atoms with van der Waals surface area (Å²) in [6.07, 6.45) is 5.23. The van der Waals surface area contributed by atoms with E-state index in [1.165, 1.54) is 18.3 Å². The van der Waals surface area contributed by atoms with E-state index in [2.05, 4.69) is 16.4 Å². The molecule has 1 aliphatic heterocycles. The van der Waals surface area contributed by atoms with Gasteiger partial charge in [-0.2, -0.15) is 5.26 Å². The van der Waals surface area contributed by atoms with Gasteiger partial charge in [0.05, 0.1) is 29.8 Å². The first-order valence-electron chi connectivity index (χ1n) is 13.1. The van der Waals surface area contributed by atoms with Gasteiger partial charge in [-0.3, -0.25) is 14.6 Å². The molecule has 39 heavy (non-hydrogen) atoms. The third-order valence-electron chi connectivity index (χ3n) is 7.09. The van der Waals surface area contributed by atoms with Crippen LogP contribution < -0.4 is 14.8 Å². The van der Waals surface area contributed by atoms with Gasteiger partial charge in [-0.15, -0.1) is 0 Å². The van der Waals surface area contributed by atoms with Gasteiger partial charge in [-0.25, -0.2) is 4.39 Å². The Labute approximate surface area is 226 Å². The Hall–Kier alpha value is -4.45. The van der Waals surface area contributed by atoms with Gasteiger partial charge in [0.15, 0.2) is 0 Å². The molecule has 1 atom stereocenters. The zero-order valence-electron chi connectivity index (χ0n) is 21.4. The lowest BCUT2D eigenvalue weighted by atomic mass is 9.92. The molecule has 1 saturated carbocycles. The monoisotopic (exact) mass is 528 g/mol. The molecule has 5 rings (SSSR count). The minimum atomic E-state index is -0.326. The van der Waals surface area contributed by atoms with E-state index in [1.54, 1.807) is 53.4 Å². The quantitative estimate of drug-likeness (QED) is 0.484. The minimum absolute atomic E-state index is 0.0315. The number of pyridine rings is 1. The number of hydrogen-bond acceptors (Lipinski definition) is 6. The molecule has 1 saturated heterocycles. The topological polar surface area (TPSA) is 105 Å². The van der Waals surface area contributed by atoms with Gasteiger partial charge in [0.2, 0.25) is 0 Å². The van der Waals surface area contributed by atoms with Crippen LogP contribution in [0.25, 0.3) is 0 Å². The van der Waals surface area contributed by atoms with Crippen molar-refractivity contribution in [2.75, 3.05) is 13.1 Å². The zero-order chi connectivity index (χ0) is 27.2. The summed E-state index contributed by atoms with van der Waals surface area (Å²) in [7, 11) is 0. The van der Waals surface area contributed by atoms with Crippen molar-refractivity contribution in [2.45, 2.75) is 50.4 Å². The Balaban J connectivity index is 1.07. The molecule has 2 fully saturated rings. The van der Waals surface area contributed by atoms with Gasteiger partial charge in [0.25, 0.3) is 11.8 Å². The molecule has 2 aromatic carbocycles. The van der Waals surface area contributed by atoms with Crippen LogP contribution in [0.1, 0.15) is 58.5 Å². The first-order chi connectivity index (χ1) is 19.0. The lowest BCUT2D eigenvalue weighted by Crippen LogP contribution is -2.40. The van der Waals surface area contributed by atoms with E-state index in [1.807, 2.05) is 0 Å². The van der Waals surface area contributed by atoms with Gasteiger partial charge >= 0.3 is 0 Å².